The van der Waals surface area contributed by atoms with Crippen molar-refractivity contribution < 1.29 is 8.83 Å². The van der Waals surface area contributed by atoms with Crippen molar-refractivity contribution in [1.82, 2.24) is 0 Å². The van der Waals surface area contributed by atoms with Gasteiger partial charge in [0.15, 0.2) is 0 Å². The van der Waals surface area contributed by atoms with E-state index < -0.39 is 0 Å². The summed E-state index contributed by atoms with van der Waals surface area (Å²) in [6.07, 6.45) is 0. The van der Waals surface area contributed by atoms with E-state index in [0.29, 0.717) is 0 Å². The zero-order chi connectivity index (χ0) is 48.9. The summed E-state index contributed by atoms with van der Waals surface area (Å²) in [5.41, 5.74) is 13.5. The largest absolute Gasteiger partial charge is 0.456 e. The van der Waals surface area contributed by atoms with Gasteiger partial charge in [0.2, 0.25) is 0 Å². The average Bonchev–Trinajstić information content (AvgIpc) is 4.15. The molecule has 3 heterocycles. The number of furan rings is 2. The van der Waals surface area contributed by atoms with Crippen molar-refractivity contribution in [3.8, 4) is 44.5 Å². The van der Waals surface area contributed by atoms with Gasteiger partial charge < -0.3 is 8.83 Å². The highest BCUT2D eigenvalue weighted by Gasteiger charge is 2.23. The Morgan fingerprint density at radius 3 is 1.04 bits per heavy atom. The summed E-state index contributed by atoms with van der Waals surface area (Å²) >= 11 is 1.91. The molecule has 0 spiro atoms. The van der Waals surface area contributed by atoms with Crippen LogP contribution in [0.1, 0.15) is 0 Å². The van der Waals surface area contributed by atoms with Gasteiger partial charge in [-0.05, 0) is 158 Å². The third-order valence-corrected chi connectivity index (χ3v) is 17.4. The fourth-order valence-electron chi connectivity index (χ4n) is 12.9. The normalized spacial score (nSPS) is 12.3. The Hall–Kier alpha value is -9.54. The highest BCUT2D eigenvalue weighted by Crippen LogP contribution is 2.51. The molecule has 17 rings (SSSR count). The molecule has 2 nitrogen and oxygen atoms in total. The molecule has 0 fully saturated rings. The molecule has 0 unspecified atom stereocenters. The smallest absolute Gasteiger partial charge is 0.136 e. The minimum absolute atomic E-state index is 0.902. The monoisotopic (exact) mass is 968 g/mol. The molecule has 0 amide bonds. The van der Waals surface area contributed by atoms with Gasteiger partial charge in [-0.1, -0.05) is 188 Å². The Morgan fingerprint density at radius 2 is 0.587 bits per heavy atom. The molecule has 0 aliphatic heterocycles. The molecule has 3 heteroatoms. The van der Waals surface area contributed by atoms with E-state index in [2.05, 4.69) is 243 Å². The number of benzene rings is 14. The minimum Gasteiger partial charge on any atom is -0.456 e. The molecular formula is C72H40O2S. The Labute approximate surface area is 433 Å². The van der Waals surface area contributed by atoms with Gasteiger partial charge in [-0.25, -0.2) is 0 Å². The summed E-state index contributed by atoms with van der Waals surface area (Å²) < 4.78 is 15.5. The summed E-state index contributed by atoms with van der Waals surface area (Å²) in [6.45, 7) is 0. The Bertz CT molecular complexity index is 5200. The van der Waals surface area contributed by atoms with Crippen LogP contribution in [0.25, 0.3) is 173 Å². The predicted octanol–water partition coefficient (Wildman–Crippen LogP) is 21.4. The number of thiophene rings is 1. The summed E-state index contributed by atoms with van der Waals surface area (Å²) in [4.78, 5) is 0. The van der Waals surface area contributed by atoms with Crippen molar-refractivity contribution in [2.45, 2.75) is 0 Å². The van der Waals surface area contributed by atoms with Gasteiger partial charge in [-0.3, -0.25) is 0 Å². The highest BCUT2D eigenvalue weighted by molar-refractivity contribution is 7.26. The van der Waals surface area contributed by atoms with Gasteiger partial charge in [0.1, 0.15) is 22.3 Å². The average molecular weight is 969 g/mol. The van der Waals surface area contributed by atoms with Crippen LogP contribution in [0.4, 0.5) is 0 Å². The number of rotatable bonds is 4. The fourth-order valence-corrected chi connectivity index (χ4v) is 14.1. The predicted molar refractivity (Wildman–Crippen MR) is 321 cm³/mol. The van der Waals surface area contributed by atoms with E-state index in [0.717, 1.165) is 43.9 Å². The van der Waals surface area contributed by atoms with Gasteiger partial charge >= 0.3 is 0 Å². The Morgan fingerprint density at radius 1 is 0.227 bits per heavy atom. The van der Waals surface area contributed by atoms with Crippen LogP contribution in [0.2, 0.25) is 0 Å². The molecule has 75 heavy (non-hydrogen) atoms. The van der Waals surface area contributed by atoms with Crippen LogP contribution >= 0.6 is 11.3 Å². The highest BCUT2D eigenvalue weighted by atomic mass is 32.1. The van der Waals surface area contributed by atoms with Crippen molar-refractivity contribution in [1.29, 1.82) is 0 Å². The summed E-state index contributed by atoms with van der Waals surface area (Å²) in [7, 11) is 0. The van der Waals surface area contributed by atoms with E-state index in [1.165, 1.54) is 129 Å². The van der Waals surface area contributed by atoms with Crippen molar-refractivity contribution >= 4 is 140 Å². The molecule has 0 saturated heterocycles. The lowest BCUT2D eigenvalue weighted by molar-refractivity contribution is 0.669. The van der Waals surface area contributed by atoms with Gasteiger partial charge in [0, 0.05) is 47.3 Å². The summed E-state index contributed by atoms with van der Waals surface area (Å²) in [6, 6.07) is 89.5. The number of hydrogen-bond donors (Lipinski definition) is 0. The van der Waals surface area contributed by atoms with Crippen LogP contribution in [-0.4, -0.2) is 0 Å². The van der Waals surface area contributed by atoms with E-state index in [-0.39, 0.29) is 0 Å². The van der Waals surface area contributed by atoms with Gasteiger partial charge in [-0.15, -0.1) is 11.3 Å². The quantitative estimate of drug-likeness (QED) is 0.164. The van der Waals surface area contributed by atoms with E-state index >= 15 is 0 Å². The van der Waals surface area contributed by atoms with E-state index in [1.807, 2.05) is 11.3 Å². The fraction of sp³-hybridized carbons (Fsp3) is 0. The van der Waals surface area contributed by atoms with Crippen LogP contribution in [0.5, 0.6) is 0 Å². The lowest BCUT2D eigenvalue weighted by atomic mass is 9.85. The molecule has 0 radical (unpaired) electrons. The van der Waals surface area contributed by atoms with Crippen molar-refractivity contribution in [3.63, 3.8) is 0 Å². The first-order valence-electron chi connectivity index (χ1n) is 25.7. The van der Waals surface area contributed by atoms with Gasteiger partial charge in [0.05, 0.1) is 0 Å². The molecule has 0 saturated carbocycles. The first-order chi connectivity index (χ1) is 37.2. The molecule has 17 aromatic rings. The van der Waals surface area contributed by atoms with E-state index in [9.17, 15) is 0 Å². The second kappa shape index (κ2) is 15.5. The summed E-state index contributed by atoms with van der Waals surface area (Å²) in [5.74, 6) is 0. The second-order valence-corrected chi connectivity index (χ2v) is 21.2. The summed E-state index contributed by atoms with van der Waals surface area (Å²) in [5, 5.41) is 21.8. The van der Waals surface area contributed by atoms with Crippen molar-refractivity contribution in [2.24, 2.45) is 0 Å². The topological polar surface area (TPSA) is 26.3 Å². The zero-order valence-corrected chi connectivity index (χ0v) is 41.1. The number of fused-ring (bicyclic) bond motifs is 15. The standard InChI is InChI=1S/C72H40O2S/c1-3-16-43-38-65-61(34-41(43)14-1)59-36-45(29-32-63(59)73-65)68-49-18-5-7-20-51(49)70(52-21-8-6-19-50(52)68)47-28-31-48-57-26-13-27-58(72(57)75-67(48)40-47)71-55-24-11-9-22-53(55)69(54-23-10-12-25-56(54)71)46-30-33-64-60(37-46)62-35-42-15-2-4-17-44(42)39-66(62)74-64/h1-40H. The first kappa shape index (κ1) is 41.0. The molecule has 0 aliphatic rings. The molecule has 0 atom stereocenters. The van der Waals surface area contributed by atoms with Gasteiger partial charge in [0.25, 0.3) is 0 Å². The minimum atomic E-state index is 0.902. The maximum absolute atomic E-state index is 6.49. The molecular weight excluding hydrogens is 929 g/mol. The van der Waals surface area contributed by atoms with Crippen LogP contribution in [0.15, 0.2) is 251 Å². The molecule has 346 valence electrons. The molecule has 0 aliphatic carbocycles. The van der Waals surface area contributed by atoms with E-state index in [1.54, 1.807) is 0 Å². The third kappa shape index (κ3) is 5.96. The third-order valence-electron chi connectivity index (χ3n) is 16.2. The van der Waals surface area contributed by atoms with Crippen LogP contribution in [0.3, 0.4) is 0 Å². The molecule has 0 N–H and O–H groups in total. The Kier molecular flexibility index (Phi) is 8.46. The lowest BCUT2D eigenvalue weighted by Gasteiger charge is -2.18. The molecule has 14 aromatic carbocycles. The van der Waals surface area contributed by atoms with E-state index in [4.69, 9.17) is 8.83 Å². The molecule has 0 bridgehead atoms. The maximum atomic E-state index is 6.49. The number of hydrogen-bond acceptors (Lipinski definition) is 3. The van der Waals surface area contributed by atoms with Crippen molar-refractivity contribution in [3.05, 3.63) is 243 Å². The first-order valence-corrected chi connectivity index (χ1v) is 26.5. The lowest BCUT2D eigenvalue weighted by Crippen LogP contribution is -1.91. The van der Waals surface area contributed by atoms with Crippen molar-refractivity contribution in [2.75, 3.05) is 0 Å². The van der Waals surface area contributed by atoms with Crippen LogP contribution in [-0.2, 0) is 0 Å². The SMILES string of the molecule is c1ccc2cc3c(cc2c1)oc1ccc(-c2c4ccccc4c(-c4ccc5c(c4)sc4c(-c6c7ccccc7c(-c7ccc8oc9cc%10ccccc%10cc9c8c7)c7ccccc67)cccc45)c4ccccc24)cc13. The van der Waals surface area contributed by atoms with Gasteiger partial charge in [-0.2, -0.15) is 0 Å². The molecule has 3 aromatic heterocycles. The Balaban J connectivity index is 0.841. The maximum Gasteiger partial charge on any atom is 0.136 e. The van der Waals surface area contributed by atoms with Crippen LogP contribution < -0.4 is 0 Å². The zero-order valence-electron chi connectivity index (χ0n) is 40.3. The van der Waals surface area contributed by atoms with Crippen LogP contribution in [0, 0.1) is 0 Å². The second-order valence-electron chi connectivity index (χ2n) is 20.2.